The highest BCUT2D eigenvalue weighted by Gasteiger charge is 2.26. The van der Waals surface area contributed by atoms with E-state index >= 15 is 0 Å². The second kappa shape index (κ2) is 8.66. The summed E-state index contributed by atoms with van der Waals surface area (Å²) in [6, 6.07) is 9.99. The number of methoxy groups -OCH3 is 1. The van der Waals surface area contributed by atoms with Gasteiger partial charge in [-0.1, -0.05) is 23.4 Å². The van der Waals surface area contributed by atoms with Crippen molar-refractivity contribution in [2.24, 2.45) is 0 Å². The van der Waals surface area contributed by atoms with Gasteiger partial charge in [-0.3, -0.25) is 9.52 Å². The molecule has 1 amide bonds. The minimum Gasteiger partial charge on any atom is -0.495 e. The van der Waals surface area contributed by atoms with E-state index in [4.69, 9.17) is 9.26 Å². The van der Waals surface area contributed by atoms with E-state index in [1.165, 1.54) is 19.2 Å². The molecule has 0 saturated heterocycles. The molecule has 0 bridgehead atoms. The lowest BCUT2D eigenvalue weighted by Crippen LogP contribution is -2.18. The zero-order valence-electron chi connectivity index (χ0n) is 18.2. The van der Waals surface area contributed by atoms with Crippen molar-refractivity contribution in [3.8, 4) is 5.75 Å². The lowest BCUT2D eigenvalue weighted by molar-refractivity contribution is 0.101. The Balaban J connectivity index is 1.64. The minimum absolute atomic E-state index is 0.0809. The Kier molecular flexibility index (Phi) is 5.92. The lowest BCUT2D eigenvalue weighted by atomic mass is 9.96. The maximum Gasteiger partial charge on any atom is 0.278 e. The molecule has 0 spiro atoms. The average molecular weight is 456 g/mol. The van der Waals surface area contributed by atoms with Crippen LogP contribution in [-0.2, 0) is 22.9 Å². The van der Waals surface area contributed by atoms with E-state index in [0.717, 1.165) is 48.1 Å². The molecule has 1 aromatic heterocycles. The highest BCUT2D eigenvalue weighted by Crippen LogP contribution is 2.31. The van der Waals surface area contributed by atoms with Gasteiger partial charge in [-0.15, -0.1) is 0 Å². The van der Waals surface area contributed by atoms with Gasteiger partial charge >= 0.3 is 0 Å². The van der Waals surface area contributed by atoms with E-state index in [1.807, 2.05) is 32.0 Å². The summed E-state index contributed by atoms with van der Waals surface area (Å²) >= 11 is 0. The third kappa shape index (κ3) is 4.20. The number of rotatable bonds is 6. The van der Waals surface area contributed by atoms with Crippen molar-refractivity contribution in [2.75, 3.05) is 17.1 Å². The molecule has 0 radical (unpaired) electrons. The number of fused-ring (bicyclic) bond motifs is 1. The number of ether oxygens (including phenoxy) is 1. The molecule has 168 valence electrons. The number of anilines is 2. The van der Waals surface area contributed by atoms with E-state index in [2.05, 4.69) is 15.2 Å². The second-order valence-corrected chi connectivity index (χ2v) is 9.48. The summed E-state index contributed by atoms with van der Waals surface area (Å²) in [6.07, 6.45) is 3.49. The van der Waals surface area contributed by atoms with E-state index in [9.17, 15) is 13.2 Å². The number of nitrogens with zero attached hydrogens (tertiary/aromatic N) is 1. The highest BCUT2D eigenvalue weighted by atomic mass is 32.2. The number of aromatic nitrogens is 1. The third-order valence-corrected chi connectivity index (χ3v) is 6.96. The molecule has 0 saturated carbocycles. The van der Waals surface area contributed by atoms with Crippen molar-refractivity contribution >= 4 is 27.3 Å². The van der Waals surface area contributed by atoms with Crippen molar-refractivity contribution in [3.63, 3.8) is 0 Å². The summed E-state index contributed by atoms with van der Waals surface area (Å²) in [7, 11) is -2.59. The van der Waals surface area contributed by atoms with Gasteiger partial charge in [-0.05, 0) is 62.4 Å². The summed E-state index contributed by atoms with van der Waals surface area (Å²) < 4.78 is 39.7. The van der Waals surface area contributed by atoms with Gasteiger partial charge in [-0.25, -0.2) is 8.42 Å². The second-order valence-electron chi connectivity index (χ2n) is 7.83. The van der Waals surface area contributed by atoms with Crippen LogP contribution in [0, 0.1) is 13.8 Å². The Morgan fingerprint density at radius 1 is 1.09 bits per heavy atom. The predicted molar refractivity (Wildman–Crippen MR) is 121 cm³/mol. The number of hydrogen-bond acceptors (Lipinski definition) is 6. The summed E-state index contributed by atoms with van der Waals surface area (Å²) in [5.74, 6) is 0.478. The molecule has 1 heterocycles. The van der Waals surface area contributed by atoms with Crippen molar-refractivity contribution in [1.82, 2.24) is 5.16 Å². The van der Waals surface area contributed by atoms with Crippen LogP contribution >= 0.6 is 0 Å². The van der Waals surface area contributed by atoms with Crippen LogP contribution in [0.5, 0.6) is 5.75 Å². The highest BCUT2D eigenvalue weighted by molar-refractivity contribution is 7.92. The topological polar surface area (TPSA) is 111 Å². The number of sulfonamides is 1. The number of carbonyl (C=O) groups excluding carboxylic acids is 1. The van der Waals surface area contributed by atoms with Gasteiger partial charge in [0, 0.05) is 17.7 Å². The third-order valence-electron chi connectivity index (χ3n) is 5.59. The SMILES string of the molecule is COc1ccc(NC(=O)c2noc3c2CCCC3)cc1S(=O)(=O)Nc1c(C)cccc1C. The first kappa shape index (κ1) is 21.9. The molecule has 4 rings (SSSR count). The normalized spacial score (nSPS) is 13.3. The van der Waals surface area contributed by atoms with Gasteiger partial charge in [0.25, 0.3) is 15.9 Å². The van der Waals surface area contributed by atoms with Gasteiger partial charge in [0.2, 0.25) is 0 Å². The molecule has 2 aromatic carbocycles. The Morgan fingerprint density at radius 2 is 1.81 bits per heavy atom. The number of hydrogen-bond donors (Lipinski definition) is 2. The zero-order chi connectivity index (χ0) is 22.9. The Morgan fingerprint density at radius 3 is 2.53 bits per heavy atom. The first-order chi connectivity index (χ1) is 15.3. The molecule has 0 fully saturated rings. The number of aryl methyl sites for hydroxylation is 3. The molecule has 0 atom stereocenters. The molecular weight excluding hydrogens is 430 g/mol. The quantitative estimate of drug-likeness (QED) is 0.575. The van der Waals surface area contributed by atoms with Crippen molar-refractivity contribution in [3.05, 3.63) is 64.5 Å². The summed E-state index contributed by atoms with van der Waals surface area (Å²) in [4.78, 5) is 12.7. The molecule has 0 aliphatic heterocycles. The number of amides is 1. The van der Waals surface area contributed by atoms with Gasteiger partial charge in [-0.2, -0.15) is 0 Å². The largest absolute Gasteiger partial charge is 0.495 e. The number of para-hydroxylation sites is 1. The fraction of sp³-hybridized carbons (Fsp3) is 0.304. The number of carbonyl (C=O) groups is 1. The van der Waals surface area contributed by atoms with Gasteiger partial charge in [0.1, 0.15) is 16.4 Å². The molecule has 3 aromatic rings. The summed E-state index contributed by atoms with van der Waals surface area (Å²) in [5.41, 5.74) is 3.49. The molecule has 8 nitrogen and oxygen atoms in total. The van der Waals surface area contributed by atoms with E-state index in [0.29, 0.717) is 11.4 Å². The average Bonchev–Trinajstić information content (AvgIpc) is 3.21. The van der Waals surface area contributed by atoms with Gasteiger partial charge in [0.05, 0.1) is 12.8 Å². The summed E-state index contributed by atoms with van der Waals surface area (Å²) in [6.45, 7) is 3.66. The molecule has 2 N–H and O–H groups in total. The van der Waals surface area contributed by atoms with Crippen LogP contribution in [0.4, 0.5) is 11.4 Å². The predicted octanol–water partition coefficient (Wildman–Crippen LogP) is 4.23. The lowest BCUT2D eigenvalue weighted by Gasteiger charge is -2.16. The Hall–Kier alpha value is -3.33. The Labute approximate surface area is 187 Å². The number of nitrogens with one attached hydrogen (secondary N) is 2. The van der Waals surface area contributed by atoms with E-state index in [-0.39, 0.29) is 16.3 Å². The van der Waals surface area contributed by atoms with Crippen LogP contribution in [0.2, 0.25) is 0 Å². The Bertz CT molecular complexity index is 1260. The van der Waals surface area contributed by atoms with Crippen molar-refractivity contribution in [2.45, 2.75) is 44.4 Å². The zero-order valence-corrected chi connectivity index (χ0v) is 19.0. The fourth-order valence-corrected chi connectivity index (χ4v) is 5.28. The van der Waals surface area contributed by atoms with Crippen LogP contribution in [0.1, 0.15) is 45.8 Å². The first-order valence-corrected chi connectivity index (χ1v) is 11.8. The molecule has 1 aliphatic carbocycles. The van der Waals surface area contributed by atoms with Gasteiger partial charge in [0.15, 0.2) is 5.69 Å². The van der Waals surface area contributed by atoms with Crippen LogP contribution in [0.15, 0.2) is 45.8 Å². The van der Waals surface area contributed by atoms with E-state index < -0.39 is 15.9 Å². The van der Waals surface area contributed by atoms with Crippen LogP contribution in [0.25, 0.3) is 0 Å². The van der Waals surface area contributed by atoms with Crippen LogP contribution < -0.4 is 14.8 Å². The molecule has 1 aliphatic rings. The first-order valence-electron chi connectivity index (χ1n) is 10.4. The maximum atomic E-state index is 13.2. The van der Waals surface area contributed by atoms with Crippen LogP contribution in [0.3, 0.4) is 0 Å². The minimum atomic E-state index is -3.99. The molecular formula is C23H25N3O5S. The molecule has 0 unspecified atom stereocenters. The smallest absolute Gasteiger partial charge is 0.278 e. The summed E-state index contributed by atoms with van der Waals surface area (Å²) in [5, 5.41) is 6.67. The van der Waals surface area contributed by atoms with Crippen LogP contribution in [-0.4, -0.2) is 26.6 Å². The molecule has 9 heteroatoms. The van der Waals surface area contributed by atoms with Gasteiger partial charge < -0.3 is 14.6 Å². The fourth-order valence-electron chi connectivity index (χ4n) is 3.88. The van der Waals surface area contributed by atoms with Crippen molar-refractivity contribution in [1.29, 1.82) is 0 Å². The standard InChI is InChI=1S/C23H25N3O5S/c1-14-7-6-8-15(2)21(14)26-32(28,29)20-13-16(11-12-19(20)30-3)24-23(27)22-17-9-4-5-10-18(17)31-25-22/h6-8,11-13,26H,4-5,9-10H2,1-3H3,(H,24,27). The number of benzene rings is 2. The maximum absolute atomic E-state index is 13.2. The van der Waals surface area contributed by atoms with E-state index in [1.54, 1.807) is 6.07 Å². The monoisotopic (exact) mass is 455 g/mol. The molecule has 32 heavy (non-hydrogen) atoms. The van der Waals surface area contributed by atoms with Crippen molar-refractivity contribution < 1.29 is 22.5 Å².